The van der Waals surface area contributed by atoms with Gasteiger partial charge in [-0.2, -0.15) is 0 Å². The Kier molecular flexibility index (Phi) is 9.30. The lowest BCUT2D eigenvalue weighted by molar-refractivity contribution is -0.112. The molecule has 0 radical (unpaired) electrons. The van der Waals surface area contributed by atoms with Gasteiger partial charge < -0.3 is 4.79 Å². The molecule has 0 aromatic rings. The summed E-state index contributed by atoms with van der Waals surface area (Å²) in [5.41, 5.74) is 0. The topological polar surface area (TPSA) is 17.1 Å². The van der Waals surface area contributed by atoms with Crippen molar-refractivity contribution in [2.24, 2.45) is 0 Å². The molecule has 0 bridgehead atoms. The molecule has 0 atom stereocenters. The maximum atomic E-state index is 11.3. The van der Waals surface area contributed by atoms with Crippen molar-refractivity contribution in [1.29, 1.82) is 0 Å². The third kappa shape index (κ3) is 9.67. The van der Waals surface area contributed by atoms with Gasteiger partial charge in [-0.15, -0.1) is 33.2 Å². The Morgan fingerprint density at radius 2 is 1.40 bits per heavy atom. The van der Waals surface area contributed by atoms with Crippen LogP contribution in [0.25, 0.3) is 0 Å². The first-order valence-corrected chi connectivity index (χ1v) is 10.6. The Morgan fingerprint density at radius 1 is 0.933 bits per heavy atom. The zero-order valence-corrected chi connectivity index (χ0v) is 12.5. The number of hydrogen-bond acceptors (Lipinski definition) is 1. The predicted molar refractivity (Wildman–Crippen MR) is 70.9 cm³/mol. The normalized spacial score (nSPS) is 11.7. The quantitative estimate of drug-likeness (QED) is 0.335. The zero-order valence-electron chi connectivity index (χ0n) is 9.20. The van der Waals surface area contributed by atoms with E-state index in [1.54, 1.807) is 0 Å². The average Bonchev–Trinajstić information content (AvgIpc) is 2.14. The highest BCUT2D eigenvalue weighted by atomic mass is 35.8. The van der Waals surface area contributed by atoms with Crippen LogP contribution in [0.3, 0.4) is 0 Å². The van der Waals surface area contributed by atoms with Crippen LogP contribution in [-0.2, 0) is 4.79 Å². The van der Waals surface area contributed by atoms with Crippen LogP contribution in [0.4, 0.5) is 0 Å². The minimum atomic E-state index is -3.06. The fraction of sp³-hybridized carbons (Fsp3) is 0.900. The molecule has 0 saturated heterocycles. The molecule has 0 amide bonds. The lowest BCUT2D eigenvalue weighted by Crippen LogP contribution is -2.24. The van der Waals surface area contributed by atoms with Gasteiger partial charge in [0.15, 0.2) is 5.41 Å². The highest BCUT2D eigenvalue weighted by Gasteiger charge is 2.34. The van der Waals surface area contributed by atoms with Crippen LogP contribution in [0.5, 0.6) is 0 Å². The third-order valence-corrected chi connectivity index (χ3v) is 5.10. The Bertz CT molecular complexity index is 180. The van der Waals surface area contributed by atoms with Crippen molar-refractivity contribution in [2.75, 3.05) is 0 Å². The van der Waals surface area contributed by atoms with Gasteiger partial charge in [0.25, 0.3) is 0 Å². The van der Waals surface area contributed by atoms with Crippen LogP contribution in [0.15, 0.2) is 0 Å². The summed E-state index contributed by atoms with van der Waals surface area (Å²) in [6, 6.07) is -3.06. The predicted octanol–water partition coefficient (Wildman–Crippen LogP) is 4.89. The molecule has 15 heavy (non-hydrogen) atoms. The molecular formula is C10H19Cl3OSi. The molecule has 90 valence electrons. The Balaban J connectivity index is 3.28. The van der Waals surface area contributed by atoms with Gasteiger partial charge in [-0.3, -0.25) is 0 Å². The summed E-state index contributed by atoms with van der Waals surface area (Å²) in [6.07, 6.45) is 8.69. The molecule has 0 rings (SSSR count). The summed E-state index contributed by atoms with van der Waals surface area (Å²) in [7, 11) is 0. The summed E-state index contributed by atoms with van der Waals surface area (Å²) < 4.78 is 0. The summed E-state index contributed by atoms with van der Waals surface area (Å²) in [5.74, 6) is 0. The van der Waals surface area contributed by atoms with Crippen molar-refractivity contribution >= 4 is 44.6 Å². The van der Waals surface area contributed by atoms with Crippen molar-refractivity contribution in [3.8, 4) is 0 Å². The number of carbonyl (C=O) groups is 1. The molecule has 0 N–H and O–H groups in total. The Morgan fingerprint density at radius 3 is 1.87 bits per heavy atom. The standard InChI is InChI=1S/C10H19Cl3OSi/c1-2-3-4-5-6-7-8-9-10(14)15(11,12)13/h2-9H2,1H3. The fourth-order valence-electron chi connectivity index (χ4n) is 1.38. The van der Waals surface area contributed by atoms with Gasteiger partial charge in [0, 0.05) is 6.42 Å². The SMILES string of the molecule is CCCCCCCCCC(=O)[Si](Cl)(Cl)Cl. The number of carbonyl (C=O) groups excluding carboxylic acids is 1. The van der Waals surface area contributed by atoms with Gasteiger partial charge >= 0.3 is 6.00 Å². The highest BCUT2D eigenvalue weighted by Crippen LogP contribution is 2.23. The number of halogens is 3. The van der Waals surface area contributed by atoms with Gasteiger partial charge in [-0.1, -0.05) is 45.4 Å². The molecular weight excluding hydrogens is 271 g/mol. The van der Waals surface area contributed by atoms with Crippen LogP contribution in [0, 0.1) is 0 Å². The van der Waals surface area contributed by atoms with Crippen LogP contribution < -0.4 is 0 Å². The molecule has 0 aliphatic carbocycles. The molecule has 0 unspecified atom stereocenters. The van der Waals surface area contributed by atoms with E-state index < -0.39 is 6.00 Å². The average molecular weight is 290 g/mol. The zero-order chi connectivity index (χ0) is 11.7. The smallest absolute Gasteiger partial charge is 0.300 e. The van der Waals surface area contributed by atoms with Gasteiger partial charge in [0.1, 0.15) is 0 Å². The van der Waals surface area contributed by atoms with Crippen LogP contribution in [-0.4, -0.2) is 11.4 Å². The lowest BCUT2D eigenvalue weighted by atomic mass is 10.1. The van der Waals surface area contributed by atoms with Gasteiger partial charge in [0.05, 0.1) is 0 Å². The van der Waals surface area contributed by atoms with E-state index in [9.17, 15) is 4.79 Å². The van der Waals surface area contributed by atoms with Crippen LogP contribution in [0.1, 0.15) is 58.3 Å². The molecule has 1 nitrogen and oxygen atoms in total. The van der Waals surface area contributed by atoms with Crippen LogP contribution >= 0.6 is 33.2 Å². The van der Waals surface area contributed by atoms with Crippen molar-refractivity contribution in [3.05, 3.63) is 0 Å². The summed E-state index contributed by atoms with van der Waals surface area (Å²) in [5, 5.41) is -0.152. The minimum absolute atomic E-state index is 0.152. The number of rotatable bonds is 9. The van der Waals surface area contributed by atoms with E-state index >= 15 is 0 Å². The molecule has 0 spiro atoms. The van der Waals surface area contributed by atoms with E-state index in [-0.39, 0.29) is 5.41 Å². The highest BCUT2D eigenvalue weighted by molar-refractivity contribution is 7.75. The first-order valence-electron chi connectivity index (χ1n) is 5.58. The van der Waals surface area contributed by atoms with Crippen molar-refractivity contribution in [2.45, 2.75) is 58.3 Å². The largest absolute Gasteiger partial charge is 0.410 e. The van der Waals surface area contributed by atoms with Gasteiger partial charge in [0.2, 0.25) is 0 Å². The Hall–Kier alpha value is 0.757. The van der Waals surface area contributed by atoms with Crippen LogP contribution in [0.2, 0.25) is 0 Å². The molecule has 0 aromatic carbocycles. The maximum absolute atomic E-state index is 11.3. The molecule has 0 aromatic heterocycles. The summed E-state index contributed by atoms with van der Waals surface area (Å²) in [4.78, 5) is 11.3. The second kappa shape index (κ2) is 8.86. The minimum Gasteiger partial charge on any atom is -0.300 e. The molecule has 5 heteroatoms. The lowest BCUT2D eigenvalue weighted by Gasteiger charge is -2.05. The van der Waals surface area contributed by atoms with E-state index in [4.69, 9.17) is 33.2 Å². The summed E-state index contributed by atoms with van der Waals surface area (Å²) in [6.45, 7) is 2.20. The van der Waals surface area contributed by atoms with E-state index in [0.717, 1.165) is 12.8 Å². The molecule has 0 heterocycles. The van der Waals surface area contributed by atoms with Gasteiger partial charge in [-0.25, -0.2) is 0 Å². The van der Waals surface area contributed by atoms with E-state index in [0.29, 0.717) is 6.42 Å². The molecule has 0 saturated carbocycles. The van der Waals surface area contributed by atoms with Crippen molar-refractivity contribution in [1.82, 2.24) is 0 Å². The monoisotopic (exact) mass is 288 g/mol. The van der Waals surface area contributed by atoms with Crippen molar-refractivity contribution in [3.63, 3.8) is 0 Å². The Labute approximate surface area is 108 Å². The molecule has 0 fully saturated rings. The molecule has 0 aliphatic heterocycles. The van der Waals surface area contributed by atoms with E-state index in [2.05, 4.69) is 6.92 Å². The second-order valence-corrected chi connectivity index (χ2v) is 12.2. The number of unbranched alkanes of at least 4 members (excludes halogenated alkanes) is 6. The summed E-state index contributed by atoms with van der Waals surface area (Å²) >= 11 is 16.8. The first-order chi connectivity index (χ1) is 6.98. The van der Waals surface area contributed by atoms with E-state index in [1.165, 1.54) is 32.1 Å². The fourth-order valence-corrected chi connectivity index (χ4v) is 2.70. The number of hydrogen-bond donors (Lipinski definition) is 0. The van der Waals surface area contributed by atoms with Gasteiger partial charge in [-0.05, 0) is 6.42 Å². The second-order valence-electron chi connectivity index (χ2n) is 3.79. The van der Waals surface area contributed by atoms with E-state index in [1.807, 2.05) is 0 Å². The third-order valence-electron chi connectivity index (χ3n) is 2.32. The van der Waals surface area contributed by atoms with Crippen molar-refractivity contribution < 1.29 is 4.79 Å². The molecule has 0 aliphatic rings. The first kappa shape index (κ1) is 15.8. The maximum Gasteiger partial charge on any atom is 0.410 e.